The van der Waals surface area contributed by atoms with Crippen molar-refractivity contribution in [2.75, 3.05) is 13.2 Å². The number of aliphatic hydroxyl groups excluding tert-OH is 1. The van der Waals surface area contributed by atoms with Gasteiger partial charge in [0.25, 0.3) is 0 Å². The van der Waals surface area contributed by atoms with Gasteiger partial charge in [-0.2, -0.15) is 10.2 Å². The Morgan fingerprint density at radius 3 is 2.17 bits per heavy atom. The topological polar surface area (TPSA) is 147 Å². The molecule has 0 radical (unpaired) electrons. The van der Waals surface area contributed by atoms with Gasteiger partial charge in [0.2, 0.25) is 0 Å². The number of esters is 2. The molecule has 0 unspecified atom stereocenters. The molecule has 0 aliphatic heterocycles. The van der Waals surface area contributed by atoms with Gasteiger partial charge in [-0.15, -0.1) is 0 Å². The first kappa shape index (κ1) is 19.0. The molecule has 2 heterocycles. The number of hydrogen-bond acceptors (Lipinski definition) is 8. The predicted octanol–water partition coefficient (Wildman–Crippen LogP) is 0.478. The third-order valence-electron chi connectivity index (χ3n) is 2.65. The largest absolute Gasteiger partial charge is 0.462 e. The zero-order chi connectivity index (χ0) is 17.9. The second-order valence-corrected chi connectivity index (χ2v) is 4.18. The van der Waals surface area contributed by atoms with Crippen LogP contribution in [0.3, 0.4) is 0 Å². The van der Waals surface area contributed by atoms with E-state index in [1.54, 1.807) is 13.8 Å². The lowest BCUT2D eigenvalue weighted by Crippen LogP contribution is -2.06. The van der Waals surface area contributed by atoms with Crippen LogP contribution in [0.1, 0.15) is 50.7 Å². The molecular formula is C14H18N4O6. The molecule has 0 aromatic carbocycles. The second kappa shape index (κ2) is 9.90. The Morgan fingerprint density at radius 2 is 1.62 bits per heavy atom. The maximum atomic E-state index is 11.1. The zero-order valence-corrected chi connectivity index (χ0v) is 13.2. The quantitative estimate of drug-likeness (QED) is 0.509. The molecule has 0 aliphatic rings. The highest BCUT2D eigenvalue weighted by Gasteiger charge is 2.14. The van der Waals surface area contributed by atoms with E-state index in [0.29, 0.717) is 24.2 Å². The van der Waals surface area contributed by atoms with Crippen LogP contribution in [0, 0.1) is 0 Å². The molecule has 0 saturated heterocycles. The van der Waals surface area contributed by atoms with E-state index < -0.39 is 11.9 Å². The van der Waals surface area contributed by atoms with Crippen molar-refractivity contribution in [2.24, 2.45) is 0 Å². The van der Waals surface area contributed by atoms with Crippen LogP contribution in [0.5, 0.6) is 0 Å². The third kappa shape index (κ3) is 5.02. The molecule has 0 aliphatic carbocycles. The first-order chi connectivity index (χ1) is 11.6. The summed E-state index contributed by atoms with van der Waals surface area (Å²) in [7, 11) is 0. The van der Waals surface area contributed by atoms with Crippen LogP contribution in [-0.2, 0) is 16.1 Å². The van der Waals surface area contributed by atoms with Gasteiger partial charge in [-0.1, -0.05) is 0 Å². The van der Waals surface area contributed by atoms with Crippen LogP contribution in [-0.4, -0.2) is 56.9 Å². The number of nitrogens with one attached hydrogen (secondary N) is 2. The summed E-state index contributed by atoms with van der Waals surface area (Å²) in [6.45, 7) is 3.76. The van der Waals surface area contributed by atoms with E-state index >= 15 is 0 Å². The molecule has 0 saturated carbocycles. The fourth-order valence-electron chi connectivity index (χ4n) is 1.58. The van der Waals surface area contributed by atoms with Gasteiger partial charge < -0.3 is 14.6 Å². The fourth-order valence-corrected chi connectivity index (χ4v) is 1.58. The van der Waals surface area contributed by atoms with Crippen molar-refractivity contribution in [1.82, 2.24) is 20.4 Å². The Hall–Kier alpha value is -3.01. The van der Waals surface area contributed by atoms with Crippen molar-refractivity contribution in [3.63, 3.8) is 0 Å². The molecule has 2 aromatic rings. The third-order valence-corrected chi connectivity index (χ3v) is 2.65. The lowest BCUT2D eigenvalue weighted by Gasteiger charge is -1.99. The van der Waals surface area contributed by atoms with Gasteiger partial charge in [0.05, 0.1) is 37.9 Å². The minimum Gasteiger partial charge on any atom is -0.462 e. The van der Waals surface area contributed by atoms with E-state index in [0.717, 1.165) is 0 Å². The van der Waals surface area contributed by atoms with E-state index in [1.165, 1.54) is 12.4 Å². The summed E-state index contributed by atoms with van der Waals surface area (Å²) in [6, 6.07) is 0. The summed E-state index contributed by atoms with van der Waals surface area (Å²) in [5, 5.41) is 20.8. The Labute approximate surface area is 137 Å². The summed E-state index contributed by atoms with van der Waals surface area (Å²) in [5.74, 6) is -0.997. The van der Waals surface area contributed by atoms with Crippen LogP contribution >= 0.6 is 0 Å². The SMILES string of the molecule is CCOC(=O)c1cn[nH]c1C=O.CCOC(=O)c1cn[nH]c1CO. The second-order valence-electron chi connectivity index (χ2n) is 4.18. The lowest BCUT2D eigenvalue weighted by molar-refractivity contribution is 0.0514. The number of ether oxygens (including phenoxy) is 2. The number of aromatic amines is 2. The summed E-state index contributed by atoms with van der Waals surface area (Å²) in [6.07, 6.45) is 3.13. The van der Waals surface area contributed by atoms with Crippen LogP contribution < -0.4 is 0 Å². The number of nitrogens with zero attached hydrogens (tertiary/aromatic N) is 2. The van der Waals surface area contributed by atoms with Gasteiger partial charge in [-0.3, -0.25) is 15.0 Å². The summed E-state index contributed by atoms with van der Waals surface area (Å²) in [5.41, 5.74) is 0.994. The van der Waals surface area contributed by atoms with Gasteiger partial charge in [-0.05, 0) is 13.8 Å². The fraction of sp³-hybridized carbons (Fsp3) is 0.357. The standard InChI is InChI=1S/C7H10N2O3.C7H8N2O3/c2*1-2-12-7(11)5-3-8-9-6(5)4-10/h3,10H,2,4H2,1H3,(H,8,9);3-4H,2H2,1H3,(H,8,9). The van der Waals surface area contributed by atoms with Crippen LogP contribution in [0.4, 0.5) is 0 Å². The lowest BCUT2D eigenvalue weighted by atomic mass is 10.2. The number of H-pyrrole nitrogens is 2. The predicted molar refractivity (Wildman–Crippen MR) is 80.4 cm³/mol. The van der Waals surface area contributed by atoms with E-state index in [-0.39, 0.29) is 24.5 Å². The van der Waals surface area contributed by atoms with Crippen molar-refractivity contribution in [3.05, 3.63) is 34.9 Å². The molecule has 0 spiro atoms. The monoisotopic (exact) mass is 338 g/mol. The van der Waals surface area contributed by atoms with Crippen molar-refractivity contribution in [1.29, 1.82) is 0 Å². The number of aliphatic hydroxyl groups is 1. The zero-order valence-electron chi connectivity index (χ0n) is 13.2. The summed E-state index contributed by atoms with van der Waals surface area (Å²) >= 11 is 0. The van der Waals surface area contributed by atoms with E-state index in [2.05, 4.69) is 25.1 Å². The molecule has 130 valence electrons. The average molecular weight is 338 g/mol. The molecule has 0 fully saturated rings. The minimum absolute atomic E-state index is 0.147. The summed E-state index contributed by atoms with van der Waals surface area (Å²) in [4.78, 5) is 32.5. The van der Waals surface area contributed by atoms with Crippen molar-refractivity contribution >= 4 is 18.2 Å². The number of carbonyl (C=O) groups is 3. The molecule has 0 amide bonds. The van der Waals surface area contributed by atoms with E-state index in [4.69, 9.17) is 9.84 Å². The molecule has 10 nitrogen and oxygen atoms in total. The number of carbonyl (C=O) groups excluding carboxylic acids is 3. The maximum absolute atomic E-state index is 11.1. The summed E-state index contributed by atoms with van der Waals surface area (Å²) < 4.78 is 9.39. The molecule has 10 heteroatoms. The van der Waals surface area contributed by atoms with Gasteiger partial charge in [-0.25, -0.2) is 9.59 Å². The van der Waals surface area contributed by atoms with E-state index in [9.17, 15) is 14.4 Å². The Bertz CT molecular complexity index is 678. The van der Waals surface area contributed by atoms with Crippen LogP contribution in [0.25, 0.3) is 0 Å². The highest BCUT2D eigenvalue weighted by atomic mass is 16.5. The number of hydrogen-bond donors (Lipinski definition) is 3. The Morgan fingerprint density at radius 1 is 1.08 bits per heavy atom. The molecular weight excluding hydrogens is 320 g/mol. The number of aromatic nitrogens is 4. The van der Waals surface area contributed by atoms with Crippen LogP contribution in [0.2, 0.25) is 0 Å². The first-order valence-corrected chi connectivity index (χ1v) is 7.04. The number of rotatable bonds is 6. The smallest absolute Gasteiger partial charge is 0.342 e. The van der Waals surface area contributed by atoms with Crippen molar-refractivity contribution < 1.29 is 29.0 Å². The molecule has 2 aromatic heterocycles. The minimum atomic E-state index is -0.534. The Kier molecular flexibility index (Phi) is 7.85. The Balaban J connectivity index is 0.000000240. The molecule has 0 atom stereocenters. The van der Waals surface area contributed by atoms with Crippen molar-refractivity contribution in [3.8, 4) is 0 Å². The van der Waals surface area contributed by atoms with Crippen molar-refractivity contribution in [2.45, 2.75) is 20.5 Å². The highest BCUT2D eigenvalue weighted by molar-refractivity contribution is 5.96. The van der Waals surface area contributed by atoms with Gasteiger partial charge >= 0.3 is 11.9 Å². The van der Waals surface area contributed by atoms with Gasteiger partial charge in [0, 0.05) is 0 Å². The maximum Gasteiger partial charge on any atom is 0.342 e. The highest BCUT2D eigenvalue weighted by Crippen LogP contribution is 2.05. The molecule has 3 N–H and O–H groups in total. The average Bonchev–Trinajstić information content (AvgIpc) is 3.24. The normalized spacial score (nSPS) is 9.62. The van der Waals surface area contributed by atoms with E-state index in [1.807, 2.05) is 0 Å². The molecule has 0 bridgehead atoms. The molecule has 24 heavy (non-hydrogen) atoms. The number of aldehydes is 1. The van der Waals surface area contributed by atoms with Gasteiger partial charge in [0.1, 0.15) is 16.8 Å². The van der Waals surface area contributed by atoms with Crippen LogP contribution in [0.15, 0.2) is 12.4 Å². The first-order valence-electron chi connectivity index (χ1n) is 7.04. The molecule has 2 rings (SSSR count). The van der Waals surface area contributed by atoms with Gasteiger partial charge in [0.15, 0.2) is 6.29 Å².